The molecule has 1 aliphatic rings. The van der Waals surface area contributed by atoms with E-state index in [1.54, 1.807) is 0 Å². The monoisotopic (exact) mass is 372 g/mol. The molecule has 146 valence electrons. The maximum absolute atomic E-state index is 10.3. The predicted molar refractivity (Wildman–Crippen MR) is 102 cm³/mol. The first-order valence-corrected chi connectivity index (χ1v) is 9.43. The molecule has 3 rings (SSSR count). The van der Waals surface area contributed by atoms with E-state index in [9.17, 15) is 15.3 Å². The topological polar surface area (TPSA) is 79.2 Å². The summed E-state index contributed by atoms with van der Waals surface area (Å²) in [7, 11) is 0. The highest BCUT2D eigenvalue weighted by molar-refractivity contribution is 5.14. The van der Waals surface area contributed by atoms with Crippen molar-refractivity contribution < 1.29 is 24.8 Å². The first-order valence-electron chi connectivity index (χ1n) is 9.43. The Morgan fingerprint density at radius 2 is 1.33 bits per heavy atom. The fraction of sp³-hybridized carbons (Fsp3) is 0.455. The maximum Gasteiger partial charge on any atom is 0.0898 e. The largest absolute Gasteiger partial charge is 0.396 e. The highest BCUT2D eigenvalue weighted by Crippen LogP contribution is 2.38. The molecule has 5 heteroatoms. The number of ether oxygens (including phenoxy) is 2. The average Bonchev–Trinajstić information content (AvgIpc) is 3.09. The lowest BCUT2D eigenvalue weighted by Crippen LogP contribution is -2.39. The average molecular weight is 372 g/mol. The van der Waals surface area contributed by atoms with Gasteiger partial charge in [0.05, 0.1) is 38.1 Å². The highest BCUT2D eigenvalue weighted by atomic mass is 16.5. The van der Waals surface area contributed by atoms with Gasteiger partial charge < -0.3 is 24.8 Å². The molecular weight excluding hydrogens is 344 g/mol. The Kier molecular flexibility index (Phi) is 7.38. The quantitative estimate of drug-likeness (QED) is 0.629. The summed E-state index contributed by atoms with van der Waals surface area (Å²) in [5, 5.41) is 29.5. The number of hydrogen-bond donors (Lipinski definition) is 3. The lowest BCUT2D eigenvalue weighted by atomic mass is 9.98. The normalized spacial score (nSPS) is 26.2. The van der Waals surface area contributed by atoms with Crippen LogP contribution >= 0.6 is 0 Å². The van der Waals surface area contributed by atoms with Gasteiger partial charge in [0.25, 0.3) is 0 Å². The van der Waals surface area contributed by atoms with E-state index in [0.717, 1.165) is 11.1 Å². The van der Waals surface area contributed by atoms with Crippen LogP contribution in [0.3, 0.4) is 0 Å². The van der Waals surface area contributed by atoms with Gasteiger partial charge in [-0.1, -0.05) is 60.7 Å². The molecule has 3 N–H and O–H groups in total. The molecule has 0 spiro atoms. The molecule has 2 aromatic rings. The number of rotatable bonds is 9. The number of benzene rings is 2. The Morgan fingerprint density at radius 3 is 1.81 bits per heavy atom. The van der Waals surface area contributed by atoms with Gasteiger partial charge in [0.1, 0.15) is 0 Å². The van der Waals surface area contributed by atoms with Gasteiger partial charge in [0, 0.05) is 18.4 Å². The SMILES string of the molecule is OCC(O)[C@@H]1C[C@H](CO)[C@@H](OCc2ccccc2)[C@H]1OCc1ccccc1. The summed E-state index contributed by atoms with van der Waals surface area (Å²) in [6.07, 6.45) is -1.08. The lowest BCUT2D eigenvalue weighted by Gasteiger charge is -2.28. The van der Waals surface area contributed by atoms with E-state index >= 15 is 0 Å². The zero-order chi connectivity index (χ0) is 19.1. The summed E-state index contributed by atoms with van der Waals surface area (Å²) in [6.45, 7) is 0.428. The van der Waals surface area contributed by atoms with Crippen LogP contribution in [-0.4, -0.2) is 46.8 Å². The Bertz CT molecular complexity index is 663. The van der Waals surface area contributed by atoms with Crippen molar-refractivity contribution >= 4 is 0 Å². The van der Waals surface area contributed by atoms with Crippen LogP contribution < -0.4 is 0 Å². The molecule has 1 saturated carbocycles. The minimum Gasteiger partial charge on any atom is -0.396 e. The van der Waals surface area contributed by atoms with Crippen LogP contribution in [0, 0.1) is 11.8 Å². The summed E-state index contributed by atoms with van der Waals surface area (Å²) in [5.74, 6) is -0.419. The highest BCUT2D eigenvalue weighted by Gasteiger charge is 2.47. The van der Waals surface area contributed by atoms with Gasteiger partial charge in [-0.25, -0.2) is 0 Å². The molecule has 5 atom stereocenters. The molecule has 0 heterocycles. The zero-order valence-corrected chi connectivity index (χ0v) is 15.4. The second-order valence-corrected chi connectivity index (χ2v) is 7.11. The summed E-state index contributed by atoms with van der Waals surface area (Å²) in [4.78, 5) is 0. The Morgan fingerprint density at radius 1 is 0.815 bits per heavy atom. The molecule has 0 aromatic heterocycles. The first-order chi connectivity index (χ1) is 13.2. The smallest absolute Gasteiger partial charge is 0.0898 e. The maximum atomic E-state index is 10.3. The number of aliphatic hydroxyl groups excluding tert-OH is 3. The molecule has 0 saturated heterocycles. The molecule has 0 bridgehead atoms. The Balaban J connectivity index is 1.72. The fourth-order valence-corrected chi connectivity index (χ4v) is 3.80. The standard InChI is InChI=1S/C22H28O5/c23-12-18-11-19(20(25)13-24)22(27-15-17-9-5-2-6-10-17)21(18)26-14-16-7-3-1-4-8-16/h1-10,18-25H,11-15H2/t18-,19+,20?,21-,22+/m1/s1. The molecule has 2 aromatic carbocycles. The van der Waals surface area contributed by atoms with E-state index in [0.29, 0.717) is 19.6 Å². The third kappa shape index (κ3) is 5.15. The predicted octanol–water partition coefficient (Wildman–Crippen LogP) is 2.14. The third-order valence-corrected chi connectivity index (χ3v) is 5.27. The second kappa shape index (κ2) is 9.97. The van der Waals surface area contributed by atoms with Crippen molar-refractivity contribution in [3.8, 4) is 0 Å². The van der Waals surface area contributed by atoms with Crippen molar-refractivity contribution in [3.05, 3.63) is 71.8 Å². The molecule has 1 unspecified atom stereocenters. The van der Waals surface area contributed by atoms with Gasteiger partial charge >= 0.3 is 0 Å². The van der Waals surface area contributed by atoms with Gasteiger partial charge in [0.15, 0.2) is 0 Å². The van der Waals surface area contributed by atoms with E-state index in [4.69, 9.17) is 9.47 Å². The Labute approximate surface area is 160 Å². The molecule has 1 aliphatic carbocycles. The van der Waals surface area contributed by atoms with Gasteiger partial charge in [0.2, 0.25) is 0 Å². The van der Waals surface area contributed by atoms with E-state index in [1.165, 1.54) is 0 Å². The van der Waals surface area contributed by atoms with Crippen molar-refractivity contribution in [1.29, 1.82) is 0 Å². The van der Waals surface area contributed by atoms with Crippen LogP contribution in [-0.2, 0) is 22.7 Å². The molecule has 0 aliphatic heterocycles. The van der Waals surface area contributed by atoms with Crippen LogP contribution in [0.4, 0.5) is 0 Å². The van der Waals surface area contributed by atoms with Crippen LogP contribution in [0.5, 0.6) is 0 Å². The molecule has 0 amide bonds. The van der Waals surface area contributed by atoms with Crippen molar-refractivity contribution in [1.82, 2.24) is 0 Å². The minimum absolute atomic E-state index is 0.0424. The zero-order valence-electron chi connectivity index (χ0n) is 15.4. The molecular formula is C22H28O5. The van der Waals surface area contributed by atoms with Crippen LogP contribution in [0.15, 0.2) is 60.7 Å². The second-order valence-electron chi connectivity index (χ2n) is 7.11. The van der Waals surface area contributed by atoms with Crippen LogP contribution in [0.25, 0.3) is 0 Å². The Hall–Kier alpha value is -1.76. The van der Waals surface area contributed by atoms with Crippen molar-refractivity contribution in [2.45, 2.75) is 37.9 Å². The van der Waals surface area contributed by atoms with Crippen molar-refractivity contribution in [2.24, 2.45) is 11.8 Å². The first kappa shape index (κ1) is 20.0. The number of hydrogen-bond acceptors (Lipinski definition) is 5. The fourth-order valence-electron chi connectivity index (χ4n) is 3.80. The van der Waals surface area contributed by atoms with E-state index in [2.05, 4.69) is 0 Å². The molecule has 27 heavy (non-hydrogen) atoms. The third-order valence-electron chi connectivity index (χ3n) is 5.27. The number of aliphatic hydroxyl groups is 3. The van der Waals surface area contributed by atoms with Gasteiger partial charge in [-0.05, 0) is 17.5 Å². The van der Waals surface area contributed by atoms with Gasteiger partial charge in [-0.2, -0.15) is 0 Å². The molecule has 0 radical (unpaired) electrons. The van der Waals surface area contributed by atoms with Crippen LogP contribution in [0.1, 0.15) is 17.5 Å². The van der Waals surface area contributed by atoms with E-state index < -0.39 is 12.2 Å². The van der Waals surface area contributed by atoms with Gasteiger partial charge in [-0.15, -0.1) is 0 Å². The van der Waals surface area contributed by atoms with E-state index in [1.807, 2.05) is 60.7 Å². The summed E-state index contributed by atoms with van der Waals surface area (Å²) in [5.41, 5.74) is 2.08. The lowest BCUT2D eigenvalue weighted by molar-refractivity contribution is -0.116. The minimum atomic E-state index is -0.898. The van der Waals surface area contributed by atoms with Crippen LogP contribution in [0.2, 0.25) is 0 Å². The molecule has 5 nitrogen and oxygen atoms in total. The summed E-state index contributed by atoms with van der Waals surface area (Å²) in [6, 6.07) is 19.7. The van der Waals surface area contributed by atoms with Gasteiger partial charge in [-0.3, -0.25) is 0 Å². The summed E-state index contributed by atoms with van der Waals surface area (Å²) < 4.78 is 12.3. The summed E-state index contributed by atoms with van der Waals surface area (Å²) >= 11 is 0. The van der Waals surface area contributed by atoms with Crippen molar-refractivity contribution in [3.63, 3.8) is 0 Å². The van der Waals surface area contributed by atoms with Crippen molar-refractivity contribution in [2.75, 3.05) is 13.2 Å². The van der Waals surface area contributed by atoms with E-state index in [-0.39, 0.29) is 31.2 Å². The molecule has 1 fully saturated rings.